The highest BCUT2D eigenvalue weighted by Gasteiger charge is 2.22. The molecule has 0 aromatic heterocycles. The fourth-order valence-electron chi connectivity index (χ4n) is 2.87. The van der Waals surface area contributed by atoms with Crippen LogP contribution in [0.2, 0.25) is 0 Å². The SMILES string of the molecule is CCCC1CCCc2cc(O)c(C(C)=O)cc21. The quantitative estimate of drug-likeness (QED) is 0.804. The molecular weight excluding hydrogens is 212 g/mol. The summed E-state index contributed by atoms with van der Waals surface area (Å²) in [6.45, 7) is 3.71. The third kappa shape index (κ3) is 2.36. The third-order valence-electron chi connectivity index (χ3n) is 3.71. The molecule has 0 saturated carbocycles. The molecule has 1 aromatic carbocycles. The molecule has 2 heteroatoms. The van der Waals surface area contributed by atoms with Gasteiger partial charge in [0.25, 0.3) is 0 Å². The number of fused-ring (bicyclic) bond motifs is 1. The average Bonchev–Trinajstić information content (AvgIpc) is 2.28. The lowest BCUT2D eigenvalue weighted by Crippen LogP contribution is -2.11. The summed E-state index contributed by atoms with van der Waals surface area (Å²) < 4.78 is 0. The highest BCUT2D eigenvalue weighted by Crippen LogP contribution is 2.37. The van der Waals surface area contributed by atoms with Gasteiger partial charge in [-0.1, -0.05) is 13.3 Å². The number of benzene rings is 1. The average molecular weight is 232 g/mol. The summed E-state index contributed by atoms with van der Waals surface area (Å²) in [6.07, 6.45) is 5.77. The van der Waals surface area contributed by atoms with Crippen molar-refractivity contribution >= 4 is 5.78 Å². The highest BCUT2D eigenvalue weighted by atomic mass is 16.3. The second-order valence-corrected chi connectivity index (χ2v) is 5.00. The van der Waals surface area contributed by atoms with Crippen molar-refractivity contribution in [2.75, 3.05) is 0 Å². The van der Waals surface area contributed by atoms with Crippen LogP contribution in [0.15, 0.2) is 12.1 Å². The predicted molar refractivity (Wildman–Crippen MR) is 68.7 cm³/mol. The number of ketones is 1. The molecule has 1 unspecified atom stereocenters. The van der Waals surface area contributed by atoms with E-state index in [9.17, 15) is 9.90 Å². The van der Waals surface area contributed by atoms with Crippen molar-refractivity contribution in [2.24, 2.45) is 0 Å². The van der Waals surface area contributed by atoms with Crippen LogP contribution in [0, 0.1) is 0 Å². The van der Waals surface area contributed by atoms with Gasteiger partial charge in [0, 0.05) is 0 Å². The Bertz CT molecular complexity index is 435. The second kappa shape index (κ2) is 4.91. The van der Waals surface area contributed by atoms with Crippen LogP contribution >= 0.6 is 0 Å². The molecule has 0 heterocycles. The van der Waals surface area contributed by atoms with Gasteiger partial charge in [0.2, 0.25) is 0 Å². The molecule has 0 aliphatic heterocycles. The number of carbonyl (C=O) groups excluding carboxylic acids is 1. The molecule has 2 nitrogen and oxygen atoms in total. The molecule has 1 aliphatic rings. The number of aryl methyl sites for hydroxylation is 1. The van der Waals surface area contributed by atoms with Crippen molar-refractivity contribution < 1.29 is 9.90 Å². The molecule has 0 bridgehead atoms. The minimum Gasteiger partial charge on any atom is -0.507 e. The molecule has 0 spiro atoms. The summed E-state index contributed by atoms with van der Waals surface area (Å²) >= 11 is 0. The van der Waals surface area contributed by atoms with Crippen molar-refractivity contribution in [3.05, 3.63) is 28.8 Å². The lowest BCUT2D eigenvalue weighted by Gasteiger charge is -2.26. The van der Waals surface area contributed by atoms with Gasteiger partial charge in [-0.15, -0.1) is 0 Å². The molecule has 1 atom stereocenters. The van der Waals surface area contributed by atoms with Crippen molar-refractivity contribution in [2.45, 2.75) is 51.9 Å². The molecule has 17 heavy (non-hydrogen) atoms. The van der Waals surface area contributed by atoms with E-state index >= 15 is 0 Å². The van der Waals surface area contributed by atoms with Gasteiger partial charge in [-0.05, 0) is 61.8 Å². The molecule has 0 fully saturated rings. The van der Waals surface area contributed by atoms with Crippen LogP contribution in [-0.2, 0) is 6.42 Å². The third-order valence-corrected chi connectivity index (χ3v) is 3.71. The van der Waals surface area contributed by atoms with Crippen LogP contribution in [-0.4, -0.2) is 10.9 Å². The zero-order chi connectivity index (χ0) is 12.4. The Morgan fingerprint density at radius 2 is 2.24 bits per heavy atom. The molecule has 0 amide bonds. The molecule has 92 valence electrons. The highest BCUT2D eigenvalue weighted by molar-refractivity contribution is 5.97. The van der Waals surface area contributed by atoms with Crippen LogP contribution in [0.4, 0.5) is 0 Å². The topological polar surface area (TPSA) is 37.3 Å². The molecule has 1 aromatic rings. The Kier molecular flexibility index (Phi) is 3.51. The minimum atomic E-state index is -0.0499. The van der Waals surface area contributed by atoms with Crippen LogP contribution in [0.5, 0.6) is 5.75 Å². The van der Waals surface area contributed by atoms with Gasteiger partial charge in [0.1, 0.15) is 5.75 Å². The van der Waals surface area contributed by atoms with Crippen LogP contribution in [0.25, 0.3) is 0 Å². The van der Waals surface area contributed by atoms with Gasteiger partial charge >= 0.3 is 0 Å². The molecule has 1 aliphatic carbocycles. The first kappa shape index (κ1) is 12.2. The summed E-state index contributed by atoms with van der Waals surface area (Å²) in [7, 11) is 0. The van der Waals surface area contributed by atoms with Gasteiger partial charge in [-0.2, -0.15) is 0 Å². The first-order chi connectivity index (χ1) is 8.13. The minimum absolute atomic E-state index is 0.0499. The maximum Gasteiger partial charge on any atom is 0.163 e. The normalized spacial score (nSPS) is 18.8. The van der Waals surface area contributed by atoms with E-state index in [-0.39, 0.29) is 11.5 Å². The van der Waals surface area contributed by atoms with Crippen LogP contribution < -0.4 is 0 Å². The van der Waals surface area contributed by atoms with Gasteiger partial charge < -0.3 is 5.11 Å². The fraction of sp³-hybridized carbons (Fsp3) is 0.533. The number of Topliss-reactive ketones (excluding diaryl/α,β-unsaturated/α-hetero) is 1. The van der Waals surface area contributed by atoms with E-state index in [1.165, 1.54) is 43.7 Å². The largest absolute Gasteiger partial charge is 0.507 e. The Morgan fingerprint density at radius 3 is 2.88 bits per heavy atom. The molecule has 2 rings (SSSR count). The van der Waals surface area contributed by atoms with Gasteiger partial charge in [-0.3, -0.25) is 4.79 Å². The fourth-order valence-corrected chi connectivity index (χ4v) is 2.87. The van der Waals surface area contributed by atoms with E-state index in [0.29, 0.717) is 11.5 Å². The molecule has 1 N–H and O–H groups in total. The first-order valence-electron chi connectivity index (χ1n) is 6.50. The Labute approximate surface area is 103 Å². The van der Waals surface area contributed by atoms with Gasteiger partial charge in [-0.25, -0.2) is 0 Å². The monoisotopic (exact) mass is 232 g/mol. The van der Waals surface area contributed by atoms with Crippen molar-refractivity contribution in [3.63, 3.8) is 0 Å². The number of aromatic hydroxyl groups is 1. The summed E-state index contributed by atoms with van der Waals surface area (Å²) in [4.78, 5) is 11.5. The van der Waals surface area contributed by atoms with Crippen LogP contribution in [0.3, 0.4) is 0 Å². The lowest BCUT2D eigenvalue weighted by molar-refractivity contribution is 0.101. The molecular formula is C15H20O2. The molecule has 0 saturated heterocycles. The van der Waals surface area contributed by atoms with Gasteiger partial charge in [0.15, 0.2) is 5.78 Å². The Balaban J connectivity index is 2.45. The maximum absolute atomic E-state index is 11.5. The summed E-state index contributed by atoms with van der Waals surface area (Å²) in [5, 5.41) is 9.83. The zero-order valence-corrected chi connectivity index (χ0v) is 10.6. The van der Waals surface area contributed by atoms with E-state index in [2.05, 4.69) is 6.92 Å². The van der Waals surface area contributed by atoms with Crippen molar-refractivity contribution in [3.8, 4) is 5.75 Å². The van der Waals surface area contributed by atoms with E-state index in [1.54, 1.807) is 6.07 Å². The number of phenolic OH excluding ortho intramolecular Hbond substituents is 1. The van der Waals surface area contributed by atoms with Gasteiger partial charge in [0.05, 0.1) is 5.56 Å². The van der Waals surface area contributed by atoms with Crippen molar-refractivity contribution in [1.29, 1.82) is 0 Å². The van der Waals surface area contributed by atoms with E-state index in [1.807, 2.05) is 6.07 Å². The first-order valence-corrected chi connectivity index (χ1v) is 6.50. The summed E-state index contributed by atoms with van der Waals surface area (Å²) in [6, 6.07) is 3.72. The Morgan fingerprint density at radius 1 is 1.47 bits per heavy atom. The smallest absolute Gasteiger partial charge is 0.163 e. The second-order valence-electron chi connectivity index (χ2n) is 5.00. The molecule has 0 radical (unpaired) electrons. The zero-order valence-electron chi connectivity index (χ0n) is 10.6. The lowest BCUT2D eigenvalue weighted by atomic mass is 9.79. The standard InChI is InChI=1S/C15H20O2/c1-3-5-11-6-4-7-12-8-15(17)13(10(2)16)9-14(11)12/h8-9,11,17H,3-7H2,1-2H3. The van der Waals surface area contributed by atoms with E-state index in [4.69, 9.17) is 0 Å². The van der Waals surface area contributed by atoms with E-state index in [0.717, 1.165) is 6.42 Å². The van der Waals surface area contributed by atoms with Crippen LogP contribution in [0.1, 0.15) is 66.9 Å². The number of rotatable bonds is 3. The maximum atomic E-state index is 11.5. The number of hydrogen-bond donors (Lipinski definition) is 1. The summed E-state index contributed by atoms with van der Waals surface area (Å²) in [5.74, 6) is 0.668. The van der Waals surface area contributed by atoms with Crippen molar-refractivity contribution in [1.82, 2.24) is 0 Å². The predicted octanol–water partition coefficient (Wildman–Crippen LogP) is 3.81. The number of phenols is 1. The van der Waals surface area contributed by atoms with E-state index < -0.39 is 0 Å². The summed E-state index contributed by atoms with van der Waals surface area (Å²) in [5.41, 5.74) is 3.00. The number of carbonyl (C=O) groups is 1. The Hall–Kier alpha value is -1.31. The number of hydrogen-bond acceptors (Lipinski definition) is 2.